The Balaban J connectivity index is 2.22. The Morgan fingerprint density at radius 1 is 1.14 bits per heavy atom. The van der Waals surface area contributed by atoms with Crippen LogP contribution in [0.4, 0.5) is 0 Å². The molecule has 21 heavy (non-hydrogen) atoms. The van der Waals surface area contributed by atoms with Crippen molar-refractivity contribution in [2.24, 2.45) is 0 Å². The Bertz CT molecular complexity index is 773. The van der Waals surface area contributed by atoms with Crippen molar-refractivity contribution >= 4 is 21.6 Å². The lowest BCUT2D eigenvalue weighted by molar-refractivity contribution is 0.396. The molecule has 3 rings (SSSR count). The summed E-state index contributed by atoms with van der Waals surface area (Å²) in [6.07, 6.45) is 2.11. The summed E-state index contributed by atoms with van der Waals surface area (Å²) in [5, 5.41) is 0. The number of benzene rings is 1. The standard InChI is InChI=1S/C17H18BrN3/c1-12-8-9-21-15(11-20(2)3)17(19-16(21)10-12)13-4-6-14(18)7-5-13/h4-10H,11H2,1-3H3. The summed E-state index contributed by atoms with van der Waals surface area (Å²) in [6.45, 7) is 2.95. The first kappa shape index (κ1) is 14.3. The average Bonchev–Trinajstić information content (AvgIpc) is 2.77. The lowest BCUT2D eigenvalue weighted by Crippen LogP contribution is -2.13. The fraction of sp³-hybridized carbons (Fsp3) is 0.235. The van der Waals surface area contributed by atoms with Crippen LogP contribution in [0, 0.1) is 6.92 Å². The first-order valence-corrected chi connectivity index (χ1v) is 7.72. The molecule has 0 N–H and O–H groups in total. The number of fused-ring (bicyclic) bond motifs is 1. The van der Waals surface area contributed by atoms with Crippen LogP contribution in [0.1, 0.15) is 11.3 Å². The predicted molar refractivity (Wildman–Crippen MR) is 90.5 cm³/mol. The highest BCUT2D eigenvalue weighted by Crippen LogP contribution is 2.27. The van der Waals surface area contributed by atoms with E-state index in [2.05, 4.69) is 88.8 Å². The third-order valence-electron chi connectivity index (χ3n) is 3.46. The second-order valence-electron chi connectivity index (χ2n) is 5.58. The van der Waals surface area contributed by atoms with Gasteiger partial charge in [-0.25, -0.2) is 4.98 Å². The van der Waals surface area contributed by atoms with Crippen LogP contribution in [0.15, 0.2) is 47.1 Å². The largest absolute Gasteiger partial charge is 0.304 e. The summed E-state index contributed by atoms with van der Waals surface area (Å²) in [7, 11) is 4.16. The average molecular weight is 344 g/mol. The molecule has 0 saturated heterocycles. The summed E-state index contributed by atoms with van der Waals surface area (Å²) in [5.74, 6) is 0. The van der Waals surface area contributed by atoms with Crippen LogP contribution in [-0.4, -0.2) is 28.4 Å². The van der Waals surface area contributed by atoms with Crippen LogP contribution in [0.5, 0.6) is 0 Å². The Labute approximate surface area is 133 Å². The summed E-state index contributed by atoms with van der Waals surface area (Å²) >= 11 is 3.49. The minimum Gasteiger partial charge on any atom is -0.304 e. The molecular formula is C17H18BrN3. The molecule has 0 saturated carbocycles. The van der Waals surface area contributed by atoms with Crippen molar-refractivity contribution in [3.8, 4) is 11.3 Å². The lowest BCUT2D eigenvalue weighted by atomic mass is 10.1. The molecule has 0 bridgehead atoms. The van der Waals surface area contributed by atoms with Gasteiger partial charge >= 0.3 is 0 Å². The molecule has 0 spiro atoms. The number of aromatic nitrogens is 2. The minimum atomic E-state index is 0.857. The number of hydrogen-bond acceptors (Lipinski definition) is 2. The van der Waals surface area contributed by atoms with E-state index in [-0.39, 0.29) is 0 Å². The Morgan fingerprint density at radius 3 is 2.52 bits per heavy atom. The molecule has 2 heterocycles. The quantitative estimate of drug-likeness (QED) is 0.712. The molecule has 0 aliphatic carbocycles. The van der Waals surface area contributed by atoms with Crippen molar-refractivity contribution in [3.63, 3.8) is 0 Å². The molecule has 3 nitrogen and oxygen atoms in total. The number of halogens is 1. The van der Waals surface area contributed by atoms with Crippen molar-refractivity contribution < 1.29 is 0 Å². The van der Waals surface area contributed by atoms with E-state index < -0.39 is 0 Å². The van der Waals surface area contributed by atoms with Gasteiger partial charge in [-0.1, -0.05) is 28.1 Å². The number of aryl methyl sites for hydroxylation is 1. The lowest BCUT2D eigenvalue weighted by Gasteiger charge is -2.11. The number of imidazole rings is 1. The number of nitrogens with zero attached hydrogens (tertiary/aromatic N) is 3. The molecule has 0 aliphatic heterocycles. The van der Waals surface area contributed by atoms with Gasteiger partial charge in [-0.2, -0.15) is 0 Å². The third-order valence-corrected chi connectivity index (χ3v) is 3.99. The normalized spacial score (nSPS) is 11.5. The van der Waals surface area contributed by atoms with Crippen molar-refractivity contribution in [3.05, 3.63) is 58.3 Å². The summed E-state index contributed by atoms with van der Waals surface area (Å²) in [5.41, 5.74) is 5.66. The highest BCUT2D eigenvalue weighted by atomic mass is 79.9. The number of hydrogen-bond donors (Lipinski definition) is 0. The molecule has 3 aromatic rings. The molecule has 0 amide bonds. The van der Waals surface area contributed by atoms with E-state index in [0.29, 0.717) is 0 Å². The summed E-state index contributed by atoms with van der Waals surface area (Å²) in [4.78, 5) is 7.02. The minimum absolute atomic E-state index is 0.857. The van der Waals surface area contributed by atoms with Gasteiger partial charge in [-0.05, 0) is 50.8 Å². The molecule has 0 radical (unpaired) electrons. The van der Waals surface area contributed by atoms with Gasteiger partial charge in [0.1, 0.15) is 5.65 Å². The van der Waals surface area contributed by atoms with Gasteiger partial charge in [0.2, 0.25) is 0 Å². The van der Waals surface area contributed by atoms with Crippen molar-refractivity contribution in [1.29, 1.82) is 0 Å². The fourth-order valence-corrected chi connectivity index (χ4v) is 2.75. The predicted octanol–water partition coefficient (Wildman–Crippen LogP) is 4.13. The van der Waals surface area contributed by atoms with E-state index in [9.17, 15) is 0 Å². The molecule has 1 aromatic carbocycles. The van der Waals surface area contributed by atoms with E-state index in [1.807, 2.05) is 0 Å². The molecule has 4 heteroatoms. The van der Waals surface area contributed by atoms with E-state index in [4.69, 9.17) is 4.98 Å². The monoisotopic (exact) mass is 343 g/mol. The molecule has 0 atom stereocenters. The van der Waals surface area contributed by atoms with Crippen LogP contribution in [0.3, 0.4) is 0 Å². The maximum atomic E-state index is 4.85. The molecule has 108 valence electrons. The van der Waals surface area contributed by atoms with Gasteiger partial charge in [0.25, 0.3) is 0 Å². The van der Waals surface area contributed by atoms with Crippen LogP contribution >= 0.6 is 15.9 Å². The smallest absolute Gasteiger partial charge is 0.137 e. The maximum absolute atomic E-state index is 4.85. The van der Waals surface area contributed by atoms with Crippen molar-refractivity contribution in [2.45, 2.75) is 13.5 Å². The molecule has 0 fully saturated rings. The summed E-state index contributed by atoms with van der Waals surface area (Å²) < 4.78 is 3.27. The van der Waals surface area contributed by atoms with E-state index in [0.717, 1.165) is 27.9 Å². The Kier molecular flexibility index (Phi) is 3.83. The van der Waals surface area contributed by atoms with Gasteiger partial charge in [0.15, 0.2) is 0 Å². The molecular weight excluding hydrogens is 326 g/mol. The maximum Gasteiger partial charge on any atom is 0.137 e. The van der Waals surface area contributed by atoms with Gasteiger partial charge in [0, 0.05) is 22.8 Å². The fourth-order valence-electron chi connectivity index (χ4n) is 2.49. The second-order valence-corrected chi connectivity index (χ2v) is 6.50. The summed E-state index contributed by atoms with van der Waals surface area (Å²) in [6, 6.07) is 12.6. The third kappa shape index (κ3) is 2.87. The van der Waals surface area contributed by atoms with E-state index >= 15 is 0 Å². The zero-order chi connectivity index (χ0) is 15.0. The van der Waals surface area contributed by atoms with Crippen LogP contribution in [-0.2, 0) is 6.54 Å². The first-order valence-electron chi connectivity index (χ1n) is 6.93. The van der Waals surface area contributed by atoms with Crippen LogP contribution < -0.4 is 0 Å². The Hall–Kier alpha value is -1.65. The first-order chi connectivity index (χ1) is 10.0. The van der Waals surface area contributed by atoms with E-state index in [1.165, 1.54) is 11.3 Å². The van der Waals surface area contributed by atoms with Gasteiger partial charge < -0.3 is 9.30 Å². The Morgan fingerprint density at radius 2 is 1.86 bits per heavy atom. The zero-order valence-corrected chi connectivity index (χ0v) is 14.1. The molecule has 0 aliphatic rings. The highest BCUT2D eigenvalue weighted by molar-refractivity contribution is 9.10. The SMILES string of the molecule is Cc1ccn2c(CN(C)C)c(-c3ccc(Br)cc3)nc2c1. The van der Waals surface area contributed by atoms with E-state index in [1.54, 1.807) is 0 Å². The van der Waals surface area contributed by atoms with Crippen LogP contribution in [0.25, 0.3) is 16.9 Å². The van der Waals surface area contributed by atoms with Crippen molar-refractivity contribution in [1.82, 2.24) is 14.3 Å². The number of pyridine rings is 1. The zero-order valence-electron chi connectivity index (χ0n) is 12.5. The topological polar surface area (TPSA) is 20.5 Å². The molecule has 2 aromatic heterocycles. The number of rotatable bonds is 3. The van der Waals surface area contributed by atoms with Crippen LogP contribution in [0.2, 0.25) is 0 Å². The van der Waals surface area contributed by atoms with Crippen molar-refractivity contribution in [2.75, 3.05) is 14.1 Å². The van der Waals surface area contributed by atoms with Gasteiger partial charge in [0.05, 0.1) is 11.4 Å². The highest BCUT2D eigenvalue weighted by Gasteiger charge is 2.14. The molecule has 0 unspecified atom stereocenters. The van der Waals surface area contributed by atoms with Gasteiger partial charge in [-0.15, -0.1) is 0 Å². The van der Waals surface area contributed by atoms with Gasteiger partial charge in [-0.3, -0.25) is 0 Å². The second kappa shape index (κ2) is 5.62.